The zero-order valence-electron chi connectivity index (χ0n) is 15.7. The summed E-state index contributed by atoms with van der Waals surface area (Å²) in [6, 6.07) is 6.49. The summed E-state index contributed by atoms with van der Waals surface area (Å²) in [6.45, 7) is 2.37. The molecule has 3 heterocycles. The van der Waals surface area contributed by atoms with E-state index in [0.717, 1.165) is 72.5 Å². The van der Waals surface area contributed by atoms with Crippen LogP contribution in [0, 0.1) is 5.82 Å². The lowest BCUT2D eigenvalue weighted by molar-refractivity contribution is -0.130. The van der Waals surface area contributed by atoms with Crippen molar-refractivity contribution in [2.45, 2.75) is 32.1 Å². The molecule has 3 aromatic rings. The van der Waals surface area contributed by atoms with E-state index in [1.807, 2.05) is 10.3 Å². The molecule has 0 aliphatic carbocycles. The molecule has 1 aliphatic rings. The lowest BCUT2D eigenvalue weighted by atomic mass is 10.1. The Labute approximate surface area is 167 Å². The second-order valence-electron chi connectivity index (χ2n) is 7.03. The fourth-order valence-electron chi connectivity index (χ4n) is 3.60. The number of hydrogen-bond acceptors (Lipinski definition) is 5. The van der Waals surface area contributed by atoms with E-state index in [1.165, 1.54) is 12.1 Å². The standard InChI is InChI=1S/C21H23FN4OS/c22-16-8-6-15(7-9-16)17-13-28-21-19(17)20(24-14-25-21)23-10-4-12-26-11-3-1-2-5-18(26)27/h6-9,13-14H,1-5,10-12H2,(H,23,24,25). The molecule has 146 valence electrons. The molecule has 7 heteroatoms. The van der Waals surface area contributed by atoms with E-state index in [0.29, 0.717) is 6.42 Å². The van der Waals surface area contributed by atoms with Gasteiger partial charge in [-0.3, -0.25) is 4.79 Å². The molecule has 1 amide bonds. The molecule has 5 nitrogen and oxygen atoms in total. The highest BCUT2D eigenvalue weighted by Crippen LogP contribution is 2.36. The Kier molecular flexibility index (Phi) is 5.81. The Morgan fingerprint density at radius 2 is 2.00 bits per heavy atom. The Bertz CT molecular complexity index is 957. The summed E-state index contributed by atoms with van der Waals surface area (Å²) in [7, 11) is 0. The van der Waals surface area contributed by atoms with Crippen LogP contribution in [-0.4, -0.2) is 40.4 Å². The van der Waals surface area contributed by atoms with Crippen LogP contribution in [0.2, 0.25) is 0 Å². The third-order valence-corrected chi connectivity index (χ3v) is 5.98. The monoisotopic (exact) mass is 398 g/mol. The van der Waals surface area contributed by atoms with Crippen molar-refractivity contribution in [2.24, 2.45) is 0 Å². The third-order valence-electron chi connectivity index (χ3n) is 5.09. The van der Waals surface area contributed by atoms with Crippen LogP contribution in [0.15, 0.2) is 36.0 Å². The molecule has 4 rings (SSSR count). The second kappa shape index (κ2) is 8.65. The molecular weight excluding hydrogens is 375 g/mol. The van der Waals surface area contributed by atoms with Crippen molar-refractivity contribution in [3.05, 3.63) is 41.8 Å². The number of rotatable bonds is 6. The summed E-state index contributed by atoms with van der Waals surface area (Å²) >= 11 is 1.55. The number of carbonyl (C=O) groups is 1. The molecule has 1 fully saturated rings. The van der Waals surface area contributed by atoms with Crippen LogP contribution in [0.5, 0.6) is 0 Å². The number of aromatic nitrogens is 2. The normalized spacial score (nSPS) is 15.0. The maximum Gasteiger partial charge on any atom is 0.222 e. The number of thiophene rings is 1. The molecular formula is C21H23FN4OS. The number of nitrogens with one attached hydrogen (secondary N) is 1. The maximum atomic E-state index is 13.3. The third kappa shape index (κ3) is 4.14. The zero-order chi connectivity index (χ0) is 19.3. The number of amides is 1. The van der Waals surface area contributed by atoms with Crippen molar-refractivity contribution in [1.29, 1.82) is 0 Å². The van der Waals surface area contributed by atoms with Crippen molar-refractivity contribution in [3.63, 3.8) is 0 Å². The molecule has 2 aromatic heterocycles. The van der Waals surface area contributed by atoms with Gasteiger partial charge in [0.1, 0.15) is 22.8 Å². The topological polar surface area (TPSA) is 58.1 Å². The minimum atomic E-state index is -0.249. The SMILES string of the molecule is O=C1CCCCCN1CCCNc1ncnc2scc(-c3ccc(F)cc3)c12. The van der Waals surface area contributed by atoms with Gasteiger partial charge in [-0.1, -0.05) is 18.6 Å². The lowest BCUT2D eigenvalue weighted by Crippen LogP contribution is -2.32. The molecule has 0 unspecified atom stereocenters. The van der Waals surface area contributed by atoms with Gasteiger partial charge >= 0.3 is 0 Å². The van der Waals surface area contributed by atoms with Gasteiger partial charge in [0, 0.05) is 37.0 Å². The van der Waals surface area contributed by atoms with Crippen LogP contribution in [-0.2, 0) is 4.79 Å². The summed E-state index contributed by atoms with van der Waals surface area (Å²) < 4.78 is 13.3. The van der Waals surface area contributed by atoms with Crippen LogP contribution in [0.4, 0.5) is 10.2 Å². The van der Waals surface area contributed by atoms with Crippen LogP contribution >= 0.6 is 11.3 Å². The molecule has 0 saturated carbocycles. The number of hydrogen-bond donors (Lipinski definition) is 1. The van der Waals surface area contributed by atoms with Gasteiger partial charge in [-0.05, 0) is 37.0 Å². The first-order valence-corrected chi connectivity index (χ1v) is 10.6. The number of halogens is 1. The molecule has 1 aromatic carbocycles. The Balaban J connectivity index is 1.46. The highest BCUT2D eigenvalue weighted by atomic mass is 32.1. The minimum absolute atomic E-state index is 0.249. The van der Waals surface area contributed by atoms with Gasteiger partial charge in [0.05, 0.1) is 5.39 Å². The van der Waals surface area contributed by atoms with E-state index in [-0.39, 0.29) is 11.7 Å². The van der Waals surface area contributed by atoms with E-state index < -0.39 is 0 Å². The van der Waals surface area contributed by atoms with Crippen molar-refractivity contribution in [1.82, 2.24) is 14.9 Å². The van der Waals surface area contributed by atoms with Gasteiger partial charge in [-0.25, -0.2) is 14.4 Å². The summed E-state index contributed by atoms with van der Waals surface area (Å²) in [5.41, 5.74) is 1.95. The average molecular weight is 399 g/mol. The van der Waals surface area contributed by atoms with Crippen molar-refractivity contribution >= 4 is 33.3 Å². The maximum absolute atomic E-state index is 13.3. The van der Waals surface area contributed by atoms with E-state index in [9.17, 15) is 9.18 Å². The van der Waals surface area contributed by atoms with Gasteiger partial charge in [0.15, 0.2) is 0 Å². The largest absolute Gasteiger partial charge is 0.369 e. The number of likely N-dealkylation sites (tertiary alicyclic amines) is 1. The summed E-state index contributed by atoms with van der Waals surface area (Å²) in [5.74, 6) is 0.812. The summed E-state index contributed by atoms with van der Waals surface area (Å²) in [6.07, 6.45) is 6.36. The van der Waals surface area contributed by atoms with E-state index in [4.69, 9.17) is 0 Å². The number of nitrogens with zero attached hydrogens (tertiary/aromatic N) is 3. The van der Waals surface area contributed by atoms with Crippen molar-refractivity contribution in [3.8, 4) is 11.1 Å². The molecule has 28 heavy (non-hydrogen) atoms. The zero-order valence-corrected chi connectivity index (χ0v) is 16.5. The Morgan fingerprint density at radius 1 is 1.14 bits per heavy atom. The molecule has 0 bridgehead atoms. The fraction of sp³-hybridized carbons (Fsp3) is 0.381. The second-order valence-corrected chi connectivity index (χ2v) is 7.89. The molecule has 1 saturated heterocycles. The van der Waals surface area contributed by atoms with Gasteiger partial charge in [-0.2, -0.15) is 0 Å². The van der Waals surface area contributed by atoms with Crippen LogP contribution in [0.25, 0.3) is 21.3 Å². The van der Waals surface area contributed by atoms with Gasteiger partial charge in [-0.15, -0.1) is 11.3 Å². The smallest absolute Gasteiger partial charge is 0.222 e. The predicted octanol–water partition coefficient (Wildman–Crippen LogP) is 4.70. The molecule has 1 aliphatic heterocycles. The molecule has 0 atom stereocenters. The first-order valence-electron chi connectivity index (χ1n) is 9.72. The first kappa shape index (κ1) is 18.8. The number of fused-ring (bicyclic) bond motifs is 1. The quantitative estimate of drug-likeness (QED) is 0.612. The fourth-order valence-corrected chi connectivity index (χ4v) is 4.52. The van der Waals surface area contributed by atoms with Crippen LogP contribution in [0.1, 0.15) is 32.1 Å². The molecule has 0 spiro atoms. The van der Waals surface area contributed by atoms with Crippen molar-refractivity contribution in [2.75, 3.05) is 25.0 Å². The summed E-state index contributed by atoms with van der Waals surface area (Å²) in [5, 5.41) is 6.41. The van der Waals surface area contributed by atoms with Crippen molar-refractivity contribution < 1.29 is 9.18 Å². The van der Waals surface area contributed by atoms with Gasteiger partial charge < -0.3 is 10.2 Å². The lowest BCUT2D eigenvalue weighted by Gasteiger charge is -2.20. The predicted molar refractivity (Wildman–Crippen MR) is 111 cm³/mol. The van der Waals surface area contributed by atoms with E-state index >= 15 is 0 Å². The van der Waals surface area contributed by atoms with E-state index in [2.05, 4.69) is 15.3 Å². The molecule has 0 radical (unpaired) electrons. The van der Waals surface area contributed by atoms with Crippen LogP contribution in [0.3, 0.4) is 0 Å². The van der Waals surface area contributed by atoms with Gasteiger partial charge in [0.25, 0.3) is 0 Å². The van der Waals surface area contributed by atoms with Gasteiger partial charge in [0.2, 0.25) is 5.91 Å². The number of carbonyl (C=O) groups excluding carboxylic acids is 1. The highest BCUT2D eigenvalue weighted by molar-refractivity contribution is 7.17. The number of anilines is 1. The average Bonchev–Trinajstić information content (AvgIpc) is 3.04. The van der Waals surface area contributed by atoms with E-state index in [1.54, 1.807) is 29.8 Å². The van der Waals surface area contributed by atoms with Crippen LogP contribution < -0.4 is 5.32 Å². The summed E-state index contributed by atoms with van der Waals surface area (Å²) in [4.78, 5) is 23.8. The number of benzene rings is 1. The highest BCUT2D eigenvalue weighted by Gasteiger charge is 2.16. The Morgan fingerprint density at radius 3 is 2.86 bits per heavy atom. The first-order chi connectivity index (χ1) is 13.7. The minimum Gasteiger partial charge on any atom is -0.369 e. The molecule has 1 N–H and O–H groups in total. The Hall–Kier alpha value is -2.54.